The zero-order valence-corrected chi connectivity index (χ0v) is 10.6. The van der Waals surface area contributed by atoms with E-state index in [9.17, 15) is 0 Å². The molecule has 1 saturated carbocycles. The van der Waals surface area contributed by atoms with Crippen LogP contribution in [0.3, 0.4) is 0 Å². The number of hydrogen-bond acceptors (Lipinski definition) is 2. The first-order valence-corrected chi connectivity index (χ1v) is 6.43. The molecule has 2 nitrogen and oxygen atoms in total. The lowest BCUT2D eigenvalue weighted by atomic mass is 9.95. The van der Waals surface area contributed by atoms with Gasteiger partial charge in [0.25, 0.3) is 0 Å². The summed E-state index contributed by atoms with van der Waals surface area (Å²) in [6.45, 7) is 0. The predicted octanol–water partition coefficient (Wildman–Crippen LogP) is 4.32. The predicted molar refractivity (Wildman–Crippen MR) is 71.4 cm³/mol. The fourth-order valence-corrected chi connectivity index (χ4v) is 2.79. The molecular formula is C12H16Cl2N2. The monoisotopic (exact) mass is 258 g/mol. The van der Waals surface area contributed by atoms with Crippen LogP contribution < -0.4 is 11.1 Å². The Morgan fingerprint density at radius 3 is 2.19 bits per heavy atom. The summed E-state index contributed by atoms with van der Waals surface area (Å²) < 4.78 is 0. The molecule has 4 heteroatoms. The molecule has 0 heterocycles. The van der Waals surface area contributed by atoms with E-state index in [-0.39, 0.29) is 0 Å². The second kappa shape index (κ2) is 5.15. The lowest BCUT2D eigenvalue weighted by molar-refractivity contribution is 0.463. The zero-order valence-electron chi connectivity index (χ0n) is 9.10. The highest BCUT2D eigenvalue weighted by molar-refractivity contribution is 6.39. The molecule has 1 aliphatic carbocycles. The molecule has 0 saturated heterocycles. The number of anilines is 2. The van der Waals surface area contributed by atoms with Gasteiger partial charge in [-0.05, 0) is 25.0 Å². The van der Waals surface area contributed by atoms with Crippen LogP contribution in [0.2, 0.25) is 10.0 Å². The van der Waals surface area contributed by atoms with E-state index in [1.54, 1.807) is 12.1 Å². The normalized spacial score (nSPS) is 17.4. The van der Waals surface area contributed by atoms with E-state index in [4.69, 9.17) is 28.9 Å². The second-order valence-corrected chi connectivity index (χ2v) is 5.15. The topological polar surface area (TPSA) is 38.0 Å². The van der Waals surface area contributed by atoms with Crippen LogP contribution in [0.1, 0.15) is 32.1 Å². The Hall–Kier alpha value is -0.600. The zero-order chi connectivity index (χ0) is 11.5. The number of halogens is 2. The van der Waals surface area contributed by atoms with Crippen LogP contribution in [0.25, 0.3) is 0 Å². The number of nitrogens with one attached hydrogen (secondary N) is 1. The molecule has 0 aromatic heterocycles. The maximum absolute atomic E-state index is 6.13. The van der Waals surface area contributed by atoms with Crippen LogP contribution >= 0.6 is 23.2 Å². The fraction of sp³-hybridized carbons (Fsp3) is 0.500. The van der Waals surface area contributed by atoms with Crippen molar-refractivity contribution in [3.63, 3.8) is 0 Å². The third kappa shape index (κ3) is 2.74. The Labute approximate surface area is 106 Å². The molecule has 0 atom stereocenters. The number of benzene rings is 1. The van der Waals surface area contributed by atoms with Gasteiger partial charge in [0.1, 0.15) is 0 Å². The number of hydrogen-bond donors (Lipinski definition) is 2. The van der Waals surface area contributed by atoms with E-state index in [2.05, 4.69) is 5.32 Å². The largest absolute Gasteiger partial charge is 0.399 e. The van der Waals surface area contributed by atoms with Gasteiger partial charge in [0.15, 0.2) is 0 Å². The fourth-order valence-electron chi connectivity index (χ4n) is 2.18. The van der Waals surface area contributed by atoms with E-state index >= 15 is 0 Å². The van der Waals surface area contributed by atoms with Crippen LogP contribution in [0, 0.1) is 0 Å². The SMILES string of the molecule is Nc1cc(Cl)c(NC2CCCCC2)c(Cl)c1. The number of nitrogens with two attached hydrogens (primary N) is 1. The molecule has 1 fully saturated rings. The van der Waals surface area contributed by atoms with E-state index < -0.39 is 0 Å². The van der Waals surface area contributed by atoms with Crippen LogP contribution in [0.15, 0.2) is 12.1 Å². The van der Waals surface area contributed by atoms with Gasteiger partial charge < -0.3 is 11.1 Å². The first kappa shape index (κ1) is 11.9. The Balaban J connectivity index is 2.14. The van der Waals surface area contributed by atoms with Gasteiger partial charge in [-0.1, -0.05) is 42.5 Å². The molecular weight excluding hydrogens is 243 g/mol. The van der Waals surface area contributed by atoms with Gasteiger partial charge in [-0.3, -0.25) is 0 Å². The summed E-state index contributed by atoms with van der Waals surface area (Å²) in [5.41, 5.74) is 7.09. The van der Waals surface area contributed by atoms with Gasteiger partial charge in [0, 0.05) is 11.7 Å². The van der Waals surface area contributed by atoms with Gasteiger partial charge in [-0.15, -0.1) is 0 Å². The highest BCUT2D eigenvalue weighted by Gasteiger charge is 2.16. The minimum absolute atomic E-state index is 0.493. The summed E-state index contributed by atoms with van der Waals surface area (Å²) in [6.07, 6.45) is 6.28. The summed E-state index contributed by atoms with van der Waals surface area (Å²) in [5.74, 6) is 0. The third-order valence-corrected chi connectivity index (χ3v) is 3.61. The third-order valence-electron chi connectivity index (χ3n) is 3.02. The quantitative estimate of drug-likeness (QED) is 0.776. The van der Waals surface area contributed by atoms with Crippen LogP contribution in [0.4, 0.5) is 11.4 Å². The number of nitrogen functional groups attached to an aromatic ring is 1. The van der Waals surface area contributed by atoms with Crippen molar-refractivity contribution in [1.82, 2.24) is 0 Å². The molecule has 0 bridgehead atoms. The molecule has 2 rings (SSSR count). The van der Waals surface area contributed by atoms with Crippen molar-refractivity contribution in [3.8, 4) is 0 Å². The molecule has 1 aliphatic rings. The maximum atomic E-state index is 6.13. The smallest absolute Gasteiger partial charge is 0.0722 e. The highest BCUT2D eigenvalue weighted by atomic mass is 35.5. The Kier molecular flexibility index (Phi) is 3.82. The van der Waals surface area contributed by atoms with E-state index in [1.807, 2.05) is 0 Å². The van der Waals surface area contributed by atoms with E-state index in [1.165, 1.54) is 32.1 Å². The average Bonchev–Trinajstić information content (AvgIpc) is 2.25. The Morgan fingerprint density at radius 2 is 1.62 bits per heavy atom. The summed E-state index contributed by atoms with van der Waals surface area (Å²) in [6, 6.07) is 3.96. The van der Waals surface area contributed by atoms with Crippen LogP contribution in [0.5, 0.6) is 0 Å². The van der Waals surface area contributed by atoms with E-state index in [0.29, 0.717) is 21.8 Å². The number of rotatable bonds is 2. The molecule has 0 spiro atoms. The average molecular weight is 259 g/mol. The van der Waals surface area contributed by atoms with Crippen molar-refractivity contribution in [2.45, 2.75) is 38.1 Å². The Morgan fingerprint density at radius 1 is 1.06 bits per heavy atom. The maximum Gasteiger partial charge on any atom is 0.0722 e. The molecule has 1 aromatic rings. The second-order valence-electron chi connectivity index (χ2n) is 4.34. The highest BCUT2D eigenvalue weighted by Crippen LogP contribution is 2.34. The molecule has 0 unspecified atom stereocenters. The van der Waals surface area contributed by atoms with Gasteiger partial charge in [0.05, 0.1) is 15.7 Å². The molecule has 0 amide bonds. The summed E-state index contributed by atoms with van der Waals surface area (Å²) in [5, 5.41) is 4.64. The van der Waals surface area contributed by atoms with Gasteiger partial charge in [-0.2, -0.15) is 0 Å². The lowest BCUT2D eigenvalue weighted by Crippen LogP contribution is -2.22. The van der Waals surface area contributed by atoms with Crippen molar-refractivity contribution in [2.24, 2.45) is 0 Å². The minimum Gasteiger partial charge on any atom is -0.399 e. The van der Waals surface area contributed by atoms with Crippen molar-refractivity contribution < 1.29 is 0 Å². The van der Waals surface area contributed by atoms with Crippen molar-refractivity contribution in [3.05, 3.63) is 22.2 Å². The first-order valence-electron chi connectivity index (χ1n) is 5.68. The molecule has 3 N–H and O–H groups in total. The summed E-state index contributed by atoms with van der Waals surface area (Å²) in [7, 11) is 0. The molecule has 0 aliphatic heterocycles. The molecule has 88 valence electrons. The summed E-state index contributed by atoms with van der Waals surface area (Å²) >= 11 is 12.3. The molecule has 16 heavy (non-hydrogen) atoms. The summed E-state index contributed by atoms with van der Waals surface area (Å²) in [4.78, 5) is 0. The van der Waals surface area contributed by atoms with Crippen LogP contribution in [-0.4, -0.2) is 6.04 Å². The van der Waals surface area contributed by atoms with Gasteiger partial charge in [-0.25, -0.2) is 0 Å². The standard InChI is InChI=1S/C12H16Cl2N2/c13-10-6-8(15)7-11(14)12(10)16-9-4-2-1-3-5-9/h6-7,9,16H,1-5,15H2. The van der Waals surface area contributed by atoms with Crippen molar-refractivity contribution in [1.29, 1.82) is 0 Å². The van der Waals surface area contributed by atoms with Gasteiger partial charge >= 0.3 is 0 Å². The minimum atomic E-state index is 0.493. The van der Waals surface area contributed by atoms with Crippen molar-refractivity contribution >= 4 is 34.6 Å². The first-order chi connectivity index (χ1) is 7.66. The Bertz CT molecular complexity index is 350. The van der Waals surface area contributed by atoms with E-state index in [0.717, 1.165) is 5.69 Å². The molecule has 0 radical (unpaired) electrons. The lowest BCUT2D eigenvalue weighted by Gasteiger charge is -2.25. The van der Waals surface area contributed by atoms with Gasteiger partial charge in [0.2, 0.25) is 0 Å². The van der Waals surface area contributed by atoms with Crippen LogP contribution in [-0.2, 0) is 0 Å². The van der Waals surface area contributed by atoms with Crippen molar-refractivity contribution in [2.75, 3.05) is 11.1 Å². The molecule has 1 aromatic carbocycles.